The minimum Gasteiger partial charge on any atom is -0.469 e. The second-order valence-corrected chi connectivity index (χ2v) is 6.28. The molecular formula is C15H23NO3S. The molecule has 1 aromatic heterocycles. The van der Waals surface area contributed by atoms with Gasteiger partial charge >= 0.3 is 5.97 Å². The van der Waals surface area contributed by atoms with Crippen molar-refractivity contribution in [1.82, 2.24) is 4.57 Å². The number of hydrogen-bond acceptors (Lipinski definition) is 4. The molecule has 0 unspecified atom stereocenters. The van der Waals surface area contributed by atoms with Crippen LogP contribution in [0.1, 0.15) is 42.0 Å². The van der Waals surface area contributed by atoms with E-state index in [2.05, 4.69) is 16.2 Å². The zero-order chi connectivity index (χ0) is 15.3. The monoisotopic (exact) mass is 297 g/mol. The Balaban J connectivity index is 2.62. The van der Waals surface area contributed by atoms with Crippen molar-refractivity contribution < 1.29 is 14.3 Å². The average molecular weight is 297 g/mol. The Morgan fingerprint density at radius 2 is 2.05 bits per heavy atom. The molecule has 0 aliphatic rings. The molecule has 112 valence electrons. The molecule has 5 heteroatoms. The third kappa shape index (κ3) is 4.13. The van der Waals surface area contributed by atoms with Gasteiger partial charge in [0.15, 0.2) is 5.78 Å². The highest BCUT2D eigenvalue weighted by Gasteiger charge is 2.17. The molecule has 0 amide bonds. The topological polar surface area (TPSA) is 48.3 Å². The maximum atomic E-state index is 12.3. The van der Waals surface area contributed by atoms with Crippen LogP contribution in [-0.4, -0.2) is 34.4 Å². The van der Waals surface area contributed by atoms with Crippen LogP contribution in [0.5, 0.6) is 0 Å². The maximum absolute atomic E-state index is 12.3. The highest BCUT2D eigenvalue weighted by Crippen LogP contribution is 2.20. The van der Waals surface area contributed by atoms with Crippen LogP contribution in [0.3, 0.4) is 0 Å². The normalized spacial score (nSPS) is 12.2. The van der Waals surface area contributed by atoms with Gasteiger partial charge in [0.1, 0.15) is 0 Å². The number of esters is 1. The molecule has 0 saturated carbocycles. The summed E-state index contributed by atoms with van der Waals surface area (Å²) < 4.78 is 6.76. The Hall–Kier alpha value is -1.23. The van der Waals surface area contributed by atoms with Crippen LogP contribution < -0.4 is 0 Å². The number of Topliss-reactive ketones (excluding diaryl/α,β-unsaturated/α-hetero) is 1. The number of thioether (sulfide) groups is 1. The molecule has 4 nitrogen and oxygen atoms in total. The Labute approximate surface area is 124 Å². The number of nitrogens with zero attached hydrogens (tertiary/aromatic N) is 1. The van der Waals surface area contributed by atoms with Gasteiger partial charge in [-0.25, -0.2) is 0 Å². The number of carbonyl (C=O) groups excluding carboxylic acids is 2. The average Bonchev–Trinajstić information content (AvgIpc) is 2.70. The van der Waals surface area contributed by atoms with Gasteiger partial charge in [0.2, 0.25) is 0 Å². The van der Waals surface area contributed by atoms with Crippen molar-refractivity contribution in [3.8, 4) is 0 Å². The summed E-state index contributed by atoms with van der Waals surface area (Å²) in [5.74, 6) is 0.285. The van der Waals surface area contributed by atoms with Crippen LogP contribution in [0.15, 0.2) is 6.07 Å². The molecule has 0 fully saturated rings. The number of aryl methyl sites for hydroxylation is 1. The molecule has 0 aliphatic heterocycles. The van der Waals surface area contributed by atoms with Gasteiger partial charge < -0.3 is 9.30 Å². The lowest BCUT2D eigenvalue weighted by Gasteiger charge is -2.09. The minimum absolute atomic E-state index is 0.0843. The SMILES string of the molecule is CCn1c(C)cc(C(=O)CS[C@H](C)CC(=O)OC)c1C. The summed E-state index contributed by atoms with van der Waals surface area (Å²) in [5, 5.41) is 0.0843. The first-order valence-electron chi connectivity index (χ1n) is 6.79. The van der Waals surface area contributed by atoms with Gasteiger partial charge in [-0.3, -0.25) is 9.59 Å². The molecule has 0 aliphatic carbocycles. The van der Waals surface area contributed by atoms with Gasteiger partial charge in [-0.05, 0) is 26.8 Å². The van der Waals surface area contributed by atoms with E-state index in [0.29, 0.717) is 12.2 Å². The molecular weight excluding hydrogens is 274 g/mol. The molecule has 0 aromatic carbocycles. The smallest absolute Gasteiger partial charge is 0.306 e. The van der Waals surface area contributed by atoms with Gasteiger partial charge in [0, 0.05) is 28.7 Å². The molecule has 0 N–H and O–H groups in total. The van der Waals surface area contributed by atoms with E-state index in [0.717, 1.165) is 23.5 Å². The zero-order valence-electron chi connectivity index (χ0n) is 12.9. The number of hydrogen-bond donors (Lipinski definition) is 0. The highest BCUT2D eigenvalue weighted by molar-refractivity contribution is 8.00. The summed E-state index contributed by atoms with van der Waals surface area (Å²) in [6, 6.07) is 1.95. The predicted molar refractivity (Wildman–Crippen MR) is 82.5 cm³/mol. The van der Waals surface area contributed by atoms with Crippen molar-refractivity contribution in [1.29, 1.82) is 0 Å². The first kappa shape index (κ1) is 16.8. The van der Waals surface area contributed by atoms with E-state index < -0.39 is 0 Å². The van der Waals surface area contributed by atoms with E-state index in [4.69, 9.17) is 0 Å². The standard InChI is InChI=1S/C15H23NO3S/c1-6-16-10(2)7-13(12(16)4)14(17)9-20-11(3)8-15(18)19-5/h7,11H,6,8-9H2,1-5H3/t11-/m1/s1. The third-order valence-corrected chi connectivity index (χ3v) is 4.54. The van der Waals surface area contributed by atoms with E-state index in [1.54, 1.807) is 0 Å². The number of carbonyl (C=O) groups is 2. The summed E-state index contributed by atoms with van der Waals surface area (Å²) in [7, 11) is 1.38. The van der Waals surface area contributed by atoms with Gasteiger partial charge in [-0.2, -0.15) is 0 Å². The summed E-state index contributed by atoms with van der Waals surface area (Å²) in [6.07, 6.45) is 0.336. The van der Waals surface area contributed by atoms with E-state index in [1.165, 1.54) is 18.9 Å². The molecule has 0 bridgehead atoms. The molecule has 0 spiro atoms. The lowest BCUT2D eigenvalue weighted by atomic mass is 10.2. The van der Waals surface area contributed by atoms with Crippen molar-refractivity contribution >= 4 is 23.5 Å². The van der Waals surface area contributed by atoms with Crippen molar-refractivity contribution in [3.05, 3.63) is 23.0 Å². The van der Waals surface area contributed by atoms with Gasteiger partial charge in [-0.1, -0.05) is 6.92 Å². The van der Waals surface area contributed by atoms with Crippen LogP contribution >= 0.6 is 11.8 Å². The lowest BCUT2D eigenvalue weighted by molar-refractivity contribution is -0.140. The summed E-state index contributed by atoms with van der Waals surface area (Å²) >= 11 is 1.49. The summed E-state index contributed by atoms with van der Waals surface area (Å²) in [6.45, 7) is 8.87. The first-order chi connectivity index (χ1) is 9.40. The Bertz CT molecular complexity index is 494. The Morgan fingerprint density at radius 1 is 1.40 bits per heavy atom. The molecule has 1 atom stereocenters. The van der Waals surface area contributed by atoms with Crippen molar-refractivity contribution in [2.75, 3.05) is 12.9 Å². The summed E-state index contributed by atoms with van der Waals surface area (Å²) in [4.78, 5) is 23.4. The quantitative estimate of drug-likeness (QED) is 0.573. The van der Waals surface area contributed by atoms with Crippen LogP contribution in [-0.2, 0) is 16.1 Å². The third-order valence-electron chi connectivity index (χ3n) is 3.37. The van der Waals surface area contributed by atoms with Crippen LogP contribution in [0.25, 0.3) is 0 Å². The molecule has 0 saturated heterocycles. The van der Waals surface area contributed by atoms with Gasteiger partial charge in [-0.15, -0.1) is 11.8 Å². The maximum Gasteiger partial charge on any atom is 0.306 e. The fraction of sp³-hybridized carbons (Fsp3) is 0.600. The Kier molecular flexibility index (Phi) is 6.33. The molecule has 20 heavy (non-hydrogen) atoms. The first-order valence-corrected chi connectivity index (χ1v) is 7.83. The number of ketones is 1. The highest BCUT2D eigenvalue weighted by atomic mass is 32.2. The minimum atomic E-state index is -0.235. The summed E-state index contributed by atoms with van der Waals surface area (Å²) in [5.41, 5.74) is 2.93. The molecule has 0 radical (unpaired) electrons. The van der Waals surface area contributed by atoms with Crippen molar-refractivity contribution in [2.45, 2.75) is 45.9 Å². The zero-order valence-corrected chi connectivity index (χ0v) is 13.7. The largest absolute Gasteiger partial charge is 0.469 e. The molecule has 1 heterocycles. The van der Waals surface area contributed by atoms with Crippen LogP contribution in [0.2, 0.25) is 0 Å². The van der Waals surface area contributed by atoms with Gasteiger partial charge in [0.25, 0.3) is 0 Å². The number of aromatic nitrogens is 1. The molecule has 1 aromatic rings. The molecule has 1 rings (SSSR count). The van der Waals surface area contributed by atoms with Crippen molar-refractivity contribution in [2.24, 2.45) is 0 Å². The predicted octanol–water partition coefficient (Wildman–Crippen LogP) is 2.99. The van der Waals surface area contributed by atoms with Crippen molar-refractivity contribution in [3.63, 3.8) is 0 Å². The number of rotatable bonds is 7. The van der Waals surface area contributed by atoms with E-state index >= 15 is 0 Å². The van der Waals surface area contributed by atoms with Crippen LogP contribution in [0.4, 0.5) is 0 Å². The Morgan fingerprint density at radius 3 is 2.55 bits per heavy atom. The fourth-order valence-electron chi connectivity index (χ4n) is 2.24. The number of ether oxygens (including phenoxy) is 1. The van der Waals surface area contributed by atoms with E-state index in [9.17, 15) is 9.59 Å². The second kappa shape index (κ2) is 7.53. The van der Waals surface area contributed by atoms with Crippen LogP contribution in [0, 0.1) is 13.8 Å². The van der Waals surface area contributed by atoms with Gasteiger partial charge in [0.05, 0.1) is 19.3 Å². The van der Waals surface area contributed by atoms with E-state index in [-0.39, 0.29) is 17.0 Å². The second-order valence-electron chi connectivity index (χ2n) is 4.85. The lowest BCUT2D eigenvalue weighted by Crippen LogP contribution is -2.12. The van der Waals surface area contributed by atoms with E-state index in [1.807, 2.05) is 26.8 Å². The fourth-order valence-corrected chi connectivity index (χ4v) is 3.09. The number of methoxy groups -OCH3 is 1.